The van der Waals surface area contributed by atoms with Gasteiger partial charge < -0.3 is 14.6 Å². The monoisotopic (exact) mass is 524 g/mol. The van der Waals surface area contributed by atoms with Crippen molar-refractivity contribution >= 4 is 55.7 Å². The molecule has 0 radical (unpaired) electrons. The Kier molecular flexibility index (Phi) is 6.11. The number of methoxy groups -OCH3 is 2. The lowest BCUT2D eigenvalue weighted by Gasteiger charge is -2.25. The molecule has 0 saturated carbocycles. The molecule has 1 saturated heterocycles. The van der Waals surface area contributed by atoms with Crippen LogP contribution in [0.5, 0.6) is 11.5 Å². The summed E-state index contributed by atoms with van der Waals surface area (Å²) < 4.78 is 25.4. The maximum Gasteiger partial charge on any atom is 0.301 e. The molecule has 0 unspecified atom stereocenters. The number of thiazole rings is 1. The lowest BCUT2D eigenvalue weighted by Crippen LogP contribution is -2.29. The number of hydrogen-bond donors (Lipinski definition) is 1. The summed E-state index contributed by atoms with van der Waals surface area (Å²) in [6.07, 6.45) is 0. The summed E-state index contributed by atoms with van der Waals surface area (Å²) in [6, 6.07) is 14.2. The van der Waals surface area contributed by atoms with Gasteiger partial charge in [0.25, 0.3) is 5.78 Å². The van der Waals surface area contributed by atoms with Crippen LogP contribution < -0.4 is 14.4 Å². The van der Waals surface area contributed by atoms with Crippen LogP contribution in [0.3, 0.4) is 0 Å². The van der Waals surface area contributed by atoms with Gasteiger partial charge in [0.05, 0.1) is 30.0 Å². The lowest BCUT2D eigenvalue weighted by molar-refractivity contribution is -0.132. The largest absolute Gasteiger partial charge is 0.507 e. The zero-order valence-corrected chi connectivity index (χ0v) is 20.6. The molecule has 1 aliphatic rings. The molecular formula is C26H18ClFN2O5S. The first-order valence-electron chi connectivity index (χ1n) is 10.7. The summed E-state index contributed by atoms with van der Waals surface area (Å²) >= 11 is 7.04. The van der Waals surface area contributed by atoms with Crippen molar-refractivity contribution in [3.8, 4) is 11.5 Å². The minimum atomic E-state index is -1.10. The number of amides is 1. The van der Waals surface area contributed by atoms with E-state index in [-0.39, 0.29) is 22.2 Å². The van der Waals surface area contributed by atoms with Crippen LogP contribution >= 0.6 is 22.9 Å². The molecule has 1 atom stereocenters. The van der Waals surface area contributed by atoms with Crippen LogP contribution in [0.2, 0.25) is 5.02 Å². The number of halogens is 2. The summed E-state index contributed by atoms with van der Waals surface area (Å²) in [5, 5.41) is 11.9. The molecule has 5 rings (SSSR count). The quantitative estimate of drug-likeness (QED) is 0.204. The first kappa shape index (κ1) is 23.8. The number of para-hydroxylation sites is 1. The van der Waals surface area contributed by atoms with E-state index in [0.717, 1.165) is 11.3 Å². The van der Waals surface area contributed by atoms with Gasteiger partial charge in [-0.05, 0) is 48.5 Å². The van der Waals surface area contributed by atoms with Crippen LogP contribution in [0.1, 0.15) is 17.2 Å². The molecule has 10 heteroatoms. The van der Waals surface area contributed by atoms with Gasteiger partial charge in [-0.15, -0.1) is 0 Å². The number of nitrogens with zero attached hydrogens (tertiary/aromatic N) is 2. The molecule has 36 heavy (non-hydrogen) atoms. The molecule has 3 aromatic carbocycles. The first-order valence-corrected chi connectivity index (χ1v) is 11.9. The average Bonchev–Trinajstić information content (AvgIpc) is 3.40. The zero-order chi connectivity index (χ0) is 25.6. The van der Waals surface area contributed by atoms with Gasteiger partial charge in [0.1, 0.15) is 17.6 Å². The number of hydrogen-bond acceptors (Lipinski definition) is 7. The minimum Gasteiger partial charge on any atom is -0.507 e. The van der Waals surface area contributed by atoms with Crippen molar-refractivity contribution in [1.82, 2.24) is 4.98 Å². The predicted molar refractivity (Wildman–Crippen MR) is 135 cm³/mol. The predicted octanol–water partition coefficient (Wildman–Crippen LogP) is 5.73. The Balaban J connectivity index is 1.79. The Morgan fingerprint density at radius 3 is 2.53 bits per heavy atom. The number of aliphatic hydroxyl groups is 1. The molecule has 7 nitrogen and oxygen atoms in total. The van der Waals surface area contributed by atoms with Crippen LogP contribution in [0.4, 0.5) is 9.52 Å². The number of anilines is 1. The van der Waals surface area contributed by atoms with Crippen molar-refractivity contribution in [3.05, 3.63) is 88.2 Å². The Bertz CT molecular complexity index is 1550. The van der Waals surface area contributed by atoms with E-state index < -0.39 is 23.5 Å². The van der Waals surface area contributed by atoms with Crippen LogP contribution in [0.25, 0.3) is 16.0 Å². The molecule has 1 N–H and O–H groups in total. The molecule has 1 fully saturated rings. The summed E-state index contributed by atoms with van der Waals surface area (Å²) in [5.74, 6) is -1.96. The van der Waals surface area contributed by atoms with E-state index in [9.17, 15) is 19.1 Å². The number of aromatic nitrogens is 1. The number of fused-ring (bicyclic) bond motifs is 1. The fourth-order valence-corrected chi connectivity index (χ4v) is 5.35. The van der Waals surface area contributed by atoms with Gasteiger partial charge in [-0.2, -0.15) is 0 Å². The smallest absolute Gasteiger partial charge is 0.301 e. The Morgan fingerprint density at radius 2 is 1.83 bits per heavy atom. The van der Waals surface area contributed by atoms with Crippen molar-refractivity contribution in [2.75, 3.05) is 19.1 Å². The summed E-state index contributed by atoms with van der Waals surface area (Å²) in [4.78, 5) is 32.5. The van der Waals surface area contributed by atoms with E-state index in [0.29, 0.717) is 32.1 Å². The third kappa shape index (κ3) is 3.86. The van der Waals surface area contributed by atoms with E-state index in [1.807, 2.05) is 0 Å². The van der Waals surface area contributed by atoms with Crippen molar-refractivity contribution in [1.29, 1.82) is 0 Å². The summed E-state index contributed by atoms with van der Waals surface area (Å²) in [7, 11) is 2.90. The topological polar surface area (TPSA) is 89.0 Å². The molecule has 1 aliphatic heterocycles. The molecular weight excluding hydrogens is 507 g/mol. The molecule has 0 aliphatic carbocycles. The second-order valence-electron chi connectivity index (χ2n) is 7.87. The van der Waals surface area contributed by atoms with Crippen molar-refractivity contribution in [2.45, 2.75) is 6.04 Å². The fourth-order valence-electron chi connectivity index (χ4n) is 4.20. The van der Waals surface area contributed by atoms with E-state index >= 15 is 0 Å². The number of benzene rings is 3. The van der Waals surface area contributed by atoms with Crippen LogP contribution in [-0.4, -0.2) is 36.0 Å². The van der Waals surface area contributed by atoms with Crippen molar-refractivity contribution in [2.24, 2.45) is 0 Å². The van der Waals surface area contributed by atoms with Gasteiger partial charge in [0.2, 0.25) is 0 Å². The molecule has 182 valence electrons. The maximum atomic E-state index is 13.8. The second kappa shape index (κ2) is 9.25. The van der Waals surface area contributed by atoms with Gasteiger partial charge in [-0.25, -0.2) is 9.37 Å². The number of Topliss-reactive ketones (excluding diaryl/α,β-unsaturated/α-hetero) is 1. The molecule has 1 aromatic heterocycles. The third-order valence-electron chi connectivity index (χ3n) is 5.84. The molecule has 0 bridgehead atoms. The normalized spacial score (nSPS) is 17.1. The van der Waals surface area contributed by atoms with Crippen LogP contribution in [0.15, 0.2) is 66.2 Å². The van der Waals surface area contributed by atoms with E-state index in [2.05, 4.69) is 4.98 Å². The third-order valence-corrected chi connectivity index (χ3v) is 7.10. The average molecular weight is 525 g/mol. The number of carbonyl (C=O) groups is 2. The number of ketones is 1. The highest BCUT2D eigenvalue weighted by atomic mass is 35.5. The highest BCUT2D eigenvalue weighted by Crippen LogP contribution is 2.48. The molecule has 2 heterocycles. The lowest BCUT2D eigenvalue weighted by atomic mass is 9.94. The second-order valence-corrected chi connectivity index (χ2v) is 9.31. The van der Waals surface area contributed by atoms with Crippen LogP contribution in [0, 0.1) is 5.82 Å². The van der Waals surface area contributed by atoms with Crippen molar-refractivity contribution < 1.29 is 28.6 Å². The molecule has 4 aromatic rings. The first-order chi connectivity index (χ1) is 17.3. The number of carbonyl (C=O) groups excluding carboxylic acids is 2. The Morgan fingerprint density at radius 1 is 1.08 bits per heavy atom. The number of rotatable bonds is 5. The summed E-state index contributed by atoms with van der Waals surface area (Å²) in [5.41, 5.74) is 1.01. The zero-order valence-electron chi connectivity index (χ0n) is 19.0. The Labute approximate surface area is 214 Å². The highest BCUT2D eigenvalue weighted by Gasteiger charge is 2.49. The minimum absolute atomic E-state index is 0.153. The number of aliphatic hydroxyl groups excluding tert-OH is 1. The van der Waals surface area contributed by atoms with E-state index in [1.165, 1.54) is 37.3 Å². The van der Waals surface area contributed by atoms with Gasteiger partial charge in [-0.1, -0.05) is 35.1 Å². The van der Waals surface area contributed by atoms with E-state index in [4.69, 9.17) is 21.1 Å². The van der Waals surface area contributed by atoms with Gasteiger partial charge >= 0.3 is 5.91 Å². The maximum absolute atomic E-state index is 13.8. The summed E-state index contributed by atoms with van der Waals surface area (Å²) in [6.45, 7) is 0. The molecule has 0 spiro atoms. The standard InChI is InChI=1S/C26H18ClFN2O5S/c1-34-18-5-3-4-16(24(18)35-2)21-20(22(31)13-6-8-14(27)9-7-13)23(32)25(33)30(21)26-29-17-11-10-15(28)12-19(17)36-26/h3-12,21,31H,1-2H3/b22-20+/t21-/m1/s1. The highest BCUT2D eigenvalue weighted by molar-refractivity contribution is 7.22. The fraction of sp³-hybridized carbons (Fsp3) is 0.115. The van der Waals surface area contributed by atoms with E-state index in [1.54, 1.807) is 42.5 Å². The van der Waals surface area contributed by atoms with Crippen LogP contribution in [-0.2, 0) is 9.59 Å². The SMILES string of the molecule is COc1cccc([C@@H]2/C(=C(\O)c3ccc(Cl)cc3)C(=O)C(=O)N2c2nc3ccc(F)cc3s2)c1OC. The van der Waals surface area contributed by atoms with Gasteiger partial charge in [0.15, 0.2) is 16.6 Å². The van der Waals surface area contributed by atoms with Crippen molar-refractivity contribution in [3.63, 3.8) is 0 Å². The van der Waals surface area contributed by atoms with Gasteiger partial charge in [-0.3, -0.25) is 14.5 Å². The Hall–Kier alpha value is -3.95. The number of ether oxygens (including phenoxy) is 2. The molecule has 1 amide bonds. The van der Waals surface area contributed by atoms with Gasteiger partial charge in [0, 0.05) is 16.1 Å².